The largest absolute Gasteiger partial charge is 0.494 e. The number of hydrogen-bond donors (Lipinski definition) is 0. The van der Waals surface area contributed by atoms with E-state index >= 15 is 0 Å². The number of carbonyl (C=O) groups is 2. The SMILES string of the molecule is CCC(=O)[C@@H]1CCCN(c2ccc(OC)c(F)c2)C1=O. The Balaban J connectivity index is 2.25. The number of hydrogen-bond acceptors (Lipinski definition) is 3. The molecule has 0 radical (unpaired) electrons. The molecule has 0 aliphatic carbocycles. The Morgan fingerprint density at radius 3 is 2.85 bits per heavy atom. The van der Waals surface area contributed by atoms with Gasteiger partial charge in [0, 0.05) is 24.7 Å². The molecule has 1 amide bonds. The second-order valence-corrected chi connectivity index (χ2v) is 4.82. The van der Waals surface area contributed by atoms with Crippen LogP contribution in [-0.4, -0.2) is 25.3 Å². The smallest absolute Gasteiger partial charge is 0.237 e. The van der Waals surface area contributed by atoms with E-state index in [9.17, 15) is 14.0 Å². The van der Waals surface area contributed by atoms with Crippen molar-refractivity contribution in [2.45, 2.75) is 26.2 Å². The summed E-state index contributed by atoms with van der Waals surface area (Å²) in [6, 6.07) is 4.40. The number of ether oxygens (including phenoxy) is 1. The van der Waals surface area contributed by atoms with Crippen molar-refractivity contribution in [3.8, 4) is 5.75 Å². The van der Waals surface area contributed by atoms with E-state index in [1.54, 1.807) is 13.0 Å². The van der Waals surface area contributed by atoms with E-state index in [0.29, 0.717) is 25.1 Å². The molecule has 1 saturated heterocycles. The standard InChI is InChI=1S/C15H18FNO3/c1-3-13(18)11-5-4-8-17(15(11)19)10-6-7-14(20-2)12(16)9-10/h6-7,9,11H,3-5,8H2,1-2H3/t11-/m0/s1. The molecule has 0 unspecified atom stereocenters. The molecular formula is C15H18FNO3. The van der Waals surface area contributed by atoms with Gasteiger partial charge in [-0.15, -0.1) is 0 Å². The van der Waals surface area contributed by atoms with E-state index in [1.165, 1.54) is 24.1 Å². The van der Waals surface area contributed by atoms with Crippen molar-refractivity contribution in [1.29, 1.82) is 0 Å². The summed E-state index contributed by atoms with van der Waals surface area (Å²) >= 11 is 0. The molecule has 2 rings (SSSR count). The van der Waals surface area contributed by atoms with Crippen molar-refractivity contribution in [2.24, 2.45) is 5.92 Å². The molecule has 1 heterocycles. The van der Waals surface area contributed by atoms with Crippen LogP contribution in [-0.2, 0) is 9.59 Å². The Kier molecular flexibility index (Phi) is 4.37. The Bertz CT molecular complexity index is 530. The molecule has 0 spiro atoms. The molecule has 5 heteroatoms. The van der Waals surface area contributed by atoms with Gasteiger partial charge in [0.1, 0.15) is 5.78 Å². The zero-order valence-corrected chi connectivity index (χ0v) is 11.7. The topological polar surface area (TPSA) is 46.6 Å². The van der Waals surface area contributed by atoms with Gasteiger partial charge in [-0.2, -0.15) is 0 Å². The number of anilines is 1. The number of nitrogens with zero attached hydrogens (tertiary/aromatic N) is 1. The van der Waals surface area contributed by atoms with Gasteiger partial charge in [0.05, 0.1) is 13.0 Å². The fraction of sp³-hybridized carbons (Fsp3) is 0.467. The Morgan fingerprint density at radius 1 is 1.50 bits per heavy atom. The average molecular weight is 279 g/mol. The van der Waals surface area contributed by atoms with Crippen LogP contribution in [0.4, 0.5) is 10.1 Å². The molecule has 0 aromatic heterocycles. The second-order valence-electron chi connectivity index (χ2n) is 4.82. The first-order chi connectivity index (χ1) is 9.58. The number of benzene rings is 1. The number of carbonyl (C=O) groups excluding carboxylic acids is 2. The highest BCUT2D eigenvalue weighted by molar-refractivity contribution is 6.08. The Hall–Kier alpha value is -1.91. The Labute approximate surface area is 117 Å². The van der Waals surface area contributed by atoms with Gasteiger partial charge in [-0.05, 0) is 25.0 Å². The van der Waals surface area contributed by atoms with E-state index in [-0.39, 0.29) is 17.4 Å². The first kappa shape index (κ1) is 14.5. The van der Waals surface area contributed by atoms with Gasteiger partial charge in [-0.3, -0.25) is 9.59 Å². The van der Waals surface area contributed by atoms with E-state index in [4.69, 9.17) is 4.74 Å². The lowest BCUT2D eigenvalue weighted by atomic mass is 9.91. The molecule has 0 bridgehead atoms. The molecular weight excluding hydrogens is 261 g/mol. The van der Waals surface area contributed by atoms with Crippen molar-refractivity contribution < 1.29 is 18.7 Å². The number of amides is 1. The number of halogens is 1. The predicted octanol–water partition coefficient (Wildman–Crippen LogP) is 2.56. The van der Waals surface area contributed by atoms with Crippen LogP contribution in [0.3, 0.4) is 0 Å². The lowest BCUT2D eigenvalue weighted by molar-refractivity contribution is -0.133. The number of piperidine rings is 1. The maximum Gasteiger partial charge on any atom is 0.237 e. The molecule has 4 nitrogen and oxygen atoms in total. The first-order valence-corrected chi connectivity index (χ1v) is 6.76. The number of methoxy groups -OCH3 is 1. The maximum atomic E-state index is 13.7. The van der Waals surface area contributed by atoms with Gasteiger partial charge in [0.25, 0.3) is 0 Å². The first-order valence-electron chi connectivity index (χ1n) is 6.76. The highest BCUT2D eigenvalue weighted by Crippen LogP contribution is 2.28. The van der Waals surface area contributed by atoms with Crippen LogP contribution in [0.5, 0.6) is 5.75 Å². The molecule has 1 aromatic rings. The molecule has 1 fully saturated rings. The van der Waals surface area contributed by atoms with Gasteiger partial charge >= 0.3 is 0 Å². The van der Waals surface area contributed by atoms with Crippen molar-refractivity contribution in [3.63, 3.8) is 0 Å². The molecule has 0 N–H and O–H groups in total. The van der Waals surface area contributed by atoms with Crippen molar-refractivity contribution >= 4 is 17.4 Å². The van der Waals surface area contributed by atoms with E-state index < -0.39 is 11.7 Å². The van der Waals surface area contributed by atoms with Crippen LogP contribution in [0, 0.1) is 11.7 Å². The number of rotatable bonds is 4. The quantitative estimate of drug-likeness (QED) is 0.796. The van der Waals surface area contributed by atoms with Gasteiger partial charge in [0.15, 0.2) is 11.6 Å². The van der Waals surface area contributed by atoms with Crippen LogP contribution in [0.15, 0.2) is 18.2 Å². The van der Waals surface area contributed by atoms with Gasteiger partial charge in [-0.25, -0.2) is 4.39 Å². The van der Waals surface area contributed by atoms with Crippen molar-refractivity contribution in [1.82, 2.24) is 0 Å². The molecule has 1 atom stereocenters. The van der Waals surface area contributed by atoms with Gasteiger partial charge in [-0.1, -0.05) is 6.92 Å². The minimum atomic E-state index is -0.584. The van der Waals surface area contributed by atoms with Gasteiger partial charge < -0.3 is 9.64 Å². The summed E-state index contributed by atoms with van der Waals surface area (Å²) in [5.41, 5.74) is 0.474. The molecule has 0 saturated carbocycles. The van der Waals surface area contributed by atoms with Crippen molar-refractivity contribution in [2.75, 3.05) is 18.6 Å². The van der Waals surface area contributed by atoms with E-state index in [2.05, 4.69) is 0 Å². The summed E-state index contributed by atoms with van der Waals surface area (Å²) in [6.45, 7) is 2.26. The van der Waals surface area contributed by atoms with Crippen LogP contribution in [0.25, 0.3) is 0 Å². The summed E-state index contributed by atoms with van der Waals surface area (Å²) in [6.07, 6.45) is 1.68. The predicted molar refractivity (Wildman–Crippen MR) is 73.3 cm³/mol. The lowest BCUT2D eigenvalue weighted by Gasteiger charge is -2.31. The van der Waals surface area contributed by atoms with Crippen LogP contribution in [0.2, 0.25) is 0 Å². The minimum absolute atomic E-state index is 0.0475. The fourth-order valence-electron chi connectivity index (χ4n) is 2.50. The molecule has 1 aliphatic rings. The summed E-state index contributed by atoms with van der Waals surface area (Å²) in [4.78, 5) is 25.6. The van der Waals surface area contributed by atoms with Gasteiger partial charge in [0.2, 0.25) is 5.91 Å². The van der Waals surface area contributed by atoms with E-state index in [0.717, 1.165) is 6.42 Å². The Morgan fingerprint density at radius 2 is 2.25 bits per heavy atom. The number of ketones is 1. The third-order valence-corrected chi connectivity index (χ3v) is 3.62. The summed E-state index contributed by atoms with van der Waals surface area (Å²) in [5.74, 6) is -1.23. The lowest BCUT2D eigenvalue weighted by Crippen LogP contribution is -2.44. The second kappa shape index (κ2) is 6.03. The monoisotopic (exact) mass is 279 g/mol. The highest BCUT2D eigenvalue weighted by atomic mass is 19.1. The van der Waals surface area contributed by atoms with Crippen molar-refractivity contribution in [3.05, 3.63) is 24.0 Å². The molecule has 1 aromatic carbocycles. The molecule has 108 valence electrons. The fourth-order valence-corrected chi connectivity index (χ4v) is 2.50. The third kappa shape index (κ3) is 2.66. The highest BCUT2D eigenvalue weighted by Gasteiger charge is 2.33. The summed E-state index contributed by atoms with van der Waals surface area (Å²) in [5, 5.41) is 0. The zero-order valence-electron chi connectivity index (χ0n) is 11.7. The summed E-state index contributed by atoms with van der Waals surface area (Å²) in [7, 11) is 1.39. The molecule has 20 heavy (non-hydrogen) atoms. The zero-order chi connectivity index (χ0) is 14.7. The van der Waals surface area contributed by atoms with Crippen LogP contribution < -0.4 is 9.64 Å². The summed E-state index contributed by atoms with van der Waals surface area (Å²) < 4.78 is 18.6. The minimum Gasteiger partial charge on any atom is -0.494 e. The van der Waals surface area contributed by atoms with Crippen LogP contribution in [0.1, 0.15) is 26.2 Å². The van der Waals surface area contributed by atoms with Crippen LogP contribution >= 0.6 is 0 Å². The average Bonchev–Trinajstić information content (AvgIpc) is 2.46. The number of Topliss-reactive ketones (excluding diaryl/α,β-unsaturated/α-hetero) is 1. The van der Waals surface area contributed by atoms with E-state index in [1.807, 2.05) is 0 Å². The maximum absolute atomic E-state index is 13.7. The molecule has 1 aliphatic heterocycles. The third-order valence-electron chi connectivity index (χ3n) is 3.62. The normalized spacial score (nSPS) is 19.1.